The summed E-state index contributed by atoms with van der Waals surface area (Å²) in [5.41, 5.74) is 0.849. The van der Waals surface area contributed by atoms with E-state index in [0.717, 1.165) is 16.5 Å². The van der Waals surface area contributed by atoms with Crippen LogP contribution in [0.5, 0.6) is 11.5 Å². The van der Waals surface area contributed by atoms with E-state index in [1.54, 1.807) is 6.08 Å². The molecule has 1 aliphatic rings. The van der Waals surface area contributed by atoms with Crippen LogP contribution in [0.2, 0.25) is 0 Å². The quantitative estimate of drug-likeness (QED) is 0.573. The predicted molar refractivity (Wildman–Crippen MR) is 97.4 cm³/mol. The summed E-state index contributed by atoms with van der Waals surface area (Å²) in [5.74, 6) is 1.17. The molecule has 2 rings (SSSR count). The number of thioether (sulfide) groups is 1. The third-order valence-electron chi connectivity index (χ3n) is 2.72. The maximum absolute atomic E-state index is 11.7. The predicted octanol–water partition coefficient (Wildman–Crippen LogP) is 4.13. The second kappa shape index (κ2) is 7.99. The lowest BCUT2D eigenvalue weighted by molar-refractivity contribution is -0.115. The van der Waals surface area contributed by atoms with Crippen molar-refractivity contribution in [3.05, 3.63) is 27.1 Å². The minimum Gasteiger partial charge on any atom is -0.490 e. The summed E-state index contributed by atoms with van der Waals surface area (Å²) in [6.45, 7) is 5.12. The summed E-state index contributed by atoms with van der Waals surface area (Å²) in [5, 5.41) is 2.60. The first kappa shape index (κ1) is 17.3. The molecule has 0 radical (unpaired) electrons. The maximum atomic E-state index is 11.7. The third-order valence-corrected chi connectivity index (χ3v) is 4.47. The molecule has 4 nitrogen and oxygen atoms in total. The van der Waals surface area contributed by atoms with Gasteiger partial charge in [0.2, 0.25) is 0 Å². The van der Waals surface area contributed by atoms with Crippen molar-refractivity contribution in [1.82, 2.24) is 5.32 Å². The molecule has 1 heterocycles. The minimum atomic E-state index is -0.171. The number of carbonyl (C=O) groups is 1. The molecule has 22 heavy (non-hydrogen) atoms. The zero-order valence-corrected chi connectivity index (χ0v) is 15.5. The van der Waals surface area contributed by atoms with Crippen LogP contribution in [0.3, 0.4) is 0 Å². The molecule has 0 atom stereocenters. The van der Waals surface area contributed by atoms with Crippen molar-refractivity contribution in [2.24, 2.45) is 0 Å². The number of amides is 1. The fourth-order valence-electron chi connectivity index (χ4n) is 1.85. The summed E-state index contributed by atoms with van der Waals surface area (Å²) >= 11 is 9.75. The van der Waals surface area contributed by atoms with E-state index in [1.165, 1.54) is 11.8 Å². The van der Waals surface area contributed by atoms with Crippen molar-refractivity contribution in [2.75, 3.05) is 13.2 Å². The van der Waals surface area contributed by atoms with Crippen molar-refractivity contribution in [1.29, 1.82) is 0 Å². The molecule has 1 amide bonds. The molecule has 0 saturated carbocycles. The van der Waals surface area contributed by atoms with E-state index in [4.69, 9.17) is 21.7 Å². The normalized spacial score (nSPS) is 16.0. The SMILES string of the molecule is CCCOc1c(Br)cc(/C=C2\SC(=S)NC2=O)cc1OCC. The molecule has 1 fully saturated rings. The standard InChI is InChI=1S/C15H16BrNO3S2/c1-3-5-20-13-10(16)6-9(7-11(13)19-4-2)8-12-14(18)17-15(21)22-12/h6-8H,3-5H2,1-2H3,(H,17,18,21)/b12-8-. The molecule has 0 spiro atoms. The van der Waals surface area contributed by atoms with Gasteiger partial charge in [0, 0.05) is 0 Å². The summed E-state index contributed by atoms with van der Waals surface area (Å²) in [4.78, 5) is 12.3. The van der Waals surface area contributed by atoms with Crippen LogP contribution in [0.25, 0.3) is 6.08 Å². The summed E-state index contributed by atoms with van der Waals surface area (Å²) < 4.78 is 12.7. The van der Waals surface area contributed by atoms with E-state index in [2.05, 4.69) is 21.2 Å². The number of hydrogen-bond donors (Lipinski definition) is 1. The Morgan fingerprint density at radius 3 is 2.73 bits per heavy atom. The molecular formula is C15H16BrNO3S2. The van der Waals surface area contributed by atoms with Gasteiger partial charge in [-0.3, -0.25) is 4.79 Å². The van der Waals surface area contributed by atoms with Gasteiger partial charge in [0.15, 0.2) is 11.5 Å². The van der Waals surface area contributed by atoms with Crippen LogP contribution < -0.4 is 14.8 Å². The first-order valence-corrected chi connectivity index (χ1v) is 8.91. The number of thiocarbonyl (C=S) groups is 1. The van der Waals surface area contributed by atoms with Crippen LogP contribution in [-0.4, -0.2) is 23.4 Å². The number of ether oxygens (including phenoxy) is 2. The van der Waals surface area contributed by atoms with Gasteiger partial charge in [-0.1, -0.05) is 30.9 Å². The van der Waals surface area contributed by atoms with Crippen LogP contribution in [-0.2, 0) is 4.79 Å². The van der Waals surface area contributed by atoms with Crippen molar-refractivity contribution in [2.45, 2.75) is 20.3 Å². The van der Waals surface area contributed by atoms with Gasteiger partial charge in [-0.15, -0.1) is 0 Å². The van der Waals surface area contributed by atoms with Gasteiger partial charge in [-0.2, -0.15) is 0 Å². The van der Waals surface area contributed by atoms with Crippen LogP contribution in [0.1, 0.15) is 25.8 Å². The van der Waals surface area contributed by atoms with E-state index in [9.17, 15) is 4.79 Å². The van der Waals surface area contributed by atoms with Crippen molar-refractivity contribution in [3.63, 3.8) is 0 Å². The zero-order valence-electron chi connectivity index (χ0n) is 12.3. The molecule has 1 aromatic rings. The Balaban J connectivity index is 2.35. The van der Waals surface area contributed by atoms with E-state index < -0.39 is 0 Å². The Bertz CT molecular complexity index is 631. The van der Waals surface area contributed by atoms with Crippen molar-refractivity contribution < 1.29 is 14.3 Å². The van der Waals surface area contributed by atoms with Crippen LogP contribution in [0, 0.1) is 0 Å². The zero-order chi connectivity index (χ0) is 16.1. The van der Waals surface area contributed by atoms with E-state index in [-0.39, 0.29) is 5.91 Å². The highest BCUT2D eigenvalue weighted by Crippen LogP contribution is 2.38. The number of rotatable bonds is 6. The van der Waals surface area contributed by atoms with E-state index >= 15 is 0 Å². The average molecular weight is 402 g/mol. The number of halogens is 1. The van der Waals surface area contributed by atoms with Crippen LogP contribution in [0.15, 0.2) is 21.5 Å². The monoisotopic (exact) mass is 401 g/mol. The summed E-state index contributed by atoms with van der Waals surface area (Å²) in [7, 11) is 0. The molecule has 0 aromatic heterocycles. The lowest BCUT2D eigenvalue weighted by Gasteiger charge is -2.14. The topological polar surface area (TPSA) is 47.6 Å². The largest absolute Gasteiger partial charge is 0.490 e. The summed E-state index contributed by atoms with van der Waals surface area (Å²) in [6.07, 6.45) is 2.70. The second-order valence-corrected chi connectivity index (χ2v) is 7.04. The van der Waals surface area contributed by atoms with Gasteiger partial charge in [0.25, 0.3) is 5.91 Å². The van der Waals surface area contributed by atoms with Crippen molar-refractivity contribution in [3.8, 4) is 11.5 Å². The Morgan fingerprint density at radius 1 is 1.36 bits per heavy atom. The van der Waals surface area contributed by atoms with Crippen molar-refractivity contribution >= 4 is 56.2 Å². The molecule has 0 aliphatic carbocycles. The third kappa shape index (κ3) is 4.24. The Labute approximate surface area is 147 Å². The Kier molecular flexibility index (Phi) is 6.28. The highest BCUT2D eigenvalue weighted by atomic mass is 79.9. The Hall–Kier alpha value is -1.05. The smallest absolute Gasteiger partial charge is 0.263 e. The molecule has 7 heteroatoms. The van der Waals surface area contributed by atoms with Gasteiger partial charge in [-0.05, 0) is 53.0 Å². The first-order valence-electron chi connectivity index (χ1n) is 6.89. The lowest BCUT2D eigenvalue weighted by atomic mass is 10.2. The van der Waals surface area contributed by atoms with E-state index in [0.29, 0.717) is 33.9 Å². The second-order valence-electron chi connectivity index (χ2n) is 4.46. The molecule has 0 bridgehead atoms. The van der Waals surface area contributed by atoms with Gasteiger partial charge in [0.05, 0.1) is 22.6 Å². The fourth-order valence-corrected chi connectivity index (χ4v) is 3.47. The molecule has 1 N–H and O–H groups in total. The van der Waals surface area contributed by atoms with Crippen LogP contribution >= 0.6 is 39.9 Å². The maximum Gasteiger partial charge on any atom is 0.263 e. The summed E-state index contributed by atoms with van der Waals surface area (Å²) in [6, 6.07) is 3.76. The number of nitrogens with one attached hydrogen (secondary N) is 1. The first-order chi connectivity index (χ1) is 10.5. The average Bonchev–Trinajstić information content (AvgIpc) is 2.76. The number of hydrogen-bond acceptors (Lipinski definition) is 5. The highest BCUT2D eigenvalue weighted by molar-refractivity contribution is 9.10. The number of benzene rings is 1. The van der Waals surface area contributed by atoms with Gasteiger partial charge in [0.1, 0.15) is 4.32 Å². The molecule has 0 unspecified atom stereocenters. The molecular weight excluding hydrogens is 386 g/mol. The highest BCUT2D eigenvalue weighted by Gasteiger charge is 2.22. The molecule has 1 saturated heterocycles. The lowest BCUT2D eigenvalue weighted by Crippen LogP contribution is -2.17. The minimum absolute atomic E-state index is 0.171. The molecule has 1 aliphatic heterocycles. The molecule has 1 aromatic carbocycles. The van der Waals surface area contributed by atoms with Gasteiger partial charge < -0.3 is 14.8 Å². The number of carbonyl (C=O) groups excluding carboxylic acids is 1. The van der Waals surface area contributed by atoms with Gasteiger partial charge in [-0.25, -0.2) is 0 Å². The fraction of sp³-hybridized carbons (Fsp3) is 0.333. The van der Waals surface area contributed by atoms with Gasteiger partial charge >= 0.3 is 0 Å². The molecule has 118 valence electrons. The van der Waals surface area contributed by atoms with E-state index in [1.807, 2.05) is 26.0 Å². The van der Waals surface area contributed by atoms with Crippen LogP contribution in [0.4, 0.5) is 0 Å². The Morgan fingerprint density at radius 2 is 2.14 bits per heavy atom.